The van der Waals surface area contributed by atoms with Crippen LogP contribution in [0.15, 0.2) is 47.4 Å². The first-order valence-electron chi connectivity index (χ1n) is 10.5. The Hall–Kier alpha value is -3.29. The molecule has 1 fully saturated rings. The van der Waals surface area contributed by atoms with Crippen LogP contribution in [0.1, 0.15) is 41.3 Å². The number of H-pyrrole nitrogens is 1. The average molecular weight is 443 g/mol. The van der Waals surface area contributed by atoms with Crippen LogP contribution < -0.4 is 15.6 Å². The lowest BCUT2D eigenvalue weighted by molar-refractivity contribution is -0.136. The minimum absolute atomic E-state index is 0.242. The summed E-state index contributed by atoms with van der Waals surface area (Å²) >= 11 is 0. The topological polar surface area (TPSA) is 65.2 Å². The van der Waals surface area contributed by atoms with Gasteiger partial charge in [-0.2, -0.15) is 13.2 Å². The van der Waals surface area contributed by atoms with E-state index in [2.05, 4.69) is 17.2 Å². The molecule has 2 heterocycles. The van der Waals surface area contributed by atoms with Crippen LogP contribution in [0.4, 0.5) is 24.5 Å². The van der Waals surface area contributed by atoms with Crippen molar-refractivity contribution in [1.82, 2.24) is 4.98 Å². The molecule has 1 amide bonds. The van der Waals surface area contributed by atoms with E-state index in [1.54, 1.807) is 31.2 Å². The second-order valence-electron chi connectivity index (χ2n) is 8.40. The number of pyridine rings is 1. The molecule has 0 saturated carbocycles. The minimum atomic E-state index is -4.66. The number of fused-ring (bicyclic) bond motifs is 1. The number of hydrogen-bond acceptors (Lipinski definition) is 3. The molecule has 1 aromatic heterocycles. The first-order chi connectivity index (χ1) is 15.1. The fourth-order valence-electron chi connectivity index (χ4n) is 4.29. The number of aryl methyl sites for hydroxylation is 1. The lowest BCUT2D eigenvalue weighted by Crippen LogP contribution is -2.34. The van der Waals surface area contributed by atoms with Gasteiger partial charge in [-0.15, -0.1) is 0 Å². The standard InChI is InChI=1S/C24H24F3N3O2/c1-14-5-4-10-30(13-14)16-8-9-19(18(11-16)24(25,26)27)29-23(32)17-12-28-20-7-3-6-15(2)21(20)22(17)31/h3,6-9,11-12,14H,4-5,10,13H2,1-2H3,(H,28,31)(H,29,32). The third kappa shape index (κ3) is 4.22. The Bertz CT molecular complexity index is 1230. The van der Waals surface area contributed by atoms with Crippen molar-refractivity contribution < 1.29 is 18.0 Å². The molecule has 0 spiro atoms. The molecule has 1 atom stereocenters. The highest BCUT2D eigenvalue weighted by Gasteiger charge is 2.35. The quantitative estimate of drug-likeness (QED) is 0.574. The lowest BCUT2D eigenvalue weighted by Gasteiger charge is -2.33. The van der Waals surface area contributed by atoms with Gasteiger partial charge >= 0.3 is 6.18 Å². The zero-order valence-electron chi connectivity index (χ0n) is 17.8. The van der Waals surface area contributed by atoms with Crippen LogP contribution >= 0.6 is 0 Å². The van der Waals surface area contributed by atoms with Crippen LogP contribution in [-0.4, -0.2) is 24.0 Å². The van der Waals surface area contributed by atoms with E-state index in [4.69, 9.17) is 0 Å². The van der Waals surface area contributed by atoms with Crippen molar-refractivity contribution in [2.24, 2.45) is 5.92 Å². The molecule has 32 heavy (non-hydrogen) atoms. The normalized spacial score (nSPS) is 16.9. The third-order valence-electron chi connectivity index (χ3n) is 5.94. The number of benzene rings is 2. The fraction of sp³-hybridized carbons (Fsp3) is 0.333. The monoisotopic (exact) mass is 443 g/mol. The van der Waals surface area contributed by atoms with E-state index < -0.39 is 23.1 Å². The van der Waals surface area contributed by atoms with Crippen LogP contribution in [0.2, 0.25) is 0 Å². The number of carbonyl (C=O) groups excluding carboxylic acids is 1. The maximum atomic E-state index is 13.8. The predicted molar refractivity (Wildman–Crippen MR) is 119 cm³/mol. The number of alkyl halides is 3. The van der Waals surface area contributed by atoms with Crippen LogP contribution in [-0.2, 0) is 6.18 Å². The molecule has 3 aromatic rings. The number of hydrogen-bond donors (Lipinski definition) is 2. The molecule has 0 radical (unpaired) electrons. The first-order valence-corrected chi connectivity index (χ1v) is 10.5. The number of nitrogens with one attached hydrogen (secondary N) is 2. The van der Waals surface area contributed by atoms with Gasteiger partial charge in [0.15, 0.2) is 0 Å². The van der Waals surface area contributed by atoms with Crippen LogP contribution in [0.25, 0.3) is 10.9 Å². The fourth-order valence-corrected chi connectivity index (χ4v) is 4.29. The second kappa shape index (κ2) is 8.33. The molecule has 168 valence electrons. The third-order valence-corrected chi connectivity index (χ3v) is 5.94. The van der Waals surface area contributed by atoms with Crippen molar-refractivity contribution in [2.75, 3.05) is 23.3 Å². The van der Waals surface area contributed by atoms with E-state index >= 15 is 0 Å². The number of carbonyl (C=O) groups is 1. The number of piperidine rings is 1. The van der Waals surface area contributed by atoms with Crippen LogP contribution in [0.5, 0.6) is 0 Å². The highest BCUT2D eigenvalue weighted by Crippen LogP contribution is 2.38. The van der Waals surface area contributed by atoms with E-state index in [1.165, 1.54) is 12.3 Å². The molecule has 8 heteroatoms. The molecular formula is C24H24F3N3O2. The number of anilines is 2. The predicted octanol–water partition coefficient (Wildman–Crippen LogP) is 5.34. The first kappa shape index (κ1) is 21.9. The minimum Gasteiger partial charge on any atom is -0.371 e. The van der Waals surface area contributed by atoms with Crippen molar-refractivity contribution in [2.45, 2.75) is 32.9 Å². The molecule has 2 aromatic carbocycles. The Morgan fingerprint density at radius 2 is 2.00 bits per heavy atom. The summed E-state index contributed by atoms with van der Waals surface area (Å²) < 4.78 is 41.5. The van der Waals surface area contributed by atoms with Gasteiger partial charge in [0, 0.05) is 35.9 Å². The second-order valence-corrected chi connectivity index (χ2v) is 8.40. The van der Waals surface area contributed by atoms with Crippen molar-refractivity contribution in [3.63, 3.8) is 0 Å². The molecule has 1 aliphatic rings. The van der Waals surface area contributed by atoms with E-state index in [-0.39, 0.29) is 11.3 Å². The molecule has 0 bridgehead atoms. The summed E-state index contributed by atoms with van der Waals surface area (Å²) in [4.78, 5) is 30.4. The van der Waals surface area contributed by atoms with Gasteiger partial charge in [0.2, 0.25) is 5.43 Å². The molecule has 1 saturated heterocycles. The number of aromatic nitrogens is 1. The average Bonchev–Trinajstić information content (AvgIpc) is 2.73. The van der Waals surface area contributed by atoms with Gasteiger partial charge in [0.05, 0.1) is 11.3 Å². The lowest BCUT2D eigenvalue weighted by atomic mass is 9.99. The number of nitrogens with zero attached hydrogens (tertiary/aromatic N) is 1. The van der Waals surface area contributed by atoms with E-state index in [0.29, 0.717) is 41.2 Å². The van der Waals surface area contributed by atoms with Crippen LogP contribution in [0, 0.1) is 12.8 Å². The van der Waals surface area contributed by atoms with E-state index in [1.807, 2.05) is 4.90 Å². The molecule has 5 nitrogen and oxygen atoms in total. The Morgan fingerprint density at radius 1 is 1.22 bits per heavy atom. The molecule has 2 N–H and O–H groups in total. The van der Waals surface area contributed by atoms with Crippen molar-refractivity contribution in [3.05, 3.63) is 69.5 Å². The zero-order chi connectivity index (χ0) is 23.0. The molecule has 4 rings (SSSR count). The van der Waals surface area contributed by atoms with Gasteiger partial charge in [0.25, 0.3) is 5.91 Å². The van der Waals surface area contributed by atoms with Gasteiger partial charge in [-0.05, 0) is 55.5 Å². The van der Waals surface area contributed by atoms with Gasteiger partial charge in [-0.3, -0.25) is 9.59 Å². The van der Waals surface area contributed by atoms with Gasteiger partial charge in [0.1, 0.15) is 5.56 Å². The summed E-state index contributed by atoms with van der Waals surface area (Å²) in [5, 5.41) is 2.64. The highest BCUT2D eigenvalue weighted by atomic mass is 19.4. The largest absolute Gasteiger partial charge is 0.418 e. The van der Waals surface area contributed by atoms with Crippen molar-refractivity contribution in [3.8, 4) is 0 Å². The van der Waals surface area contributed by atoms with Gasteiger partial charge < -0.3 is 15.2 Å². The Labute approximate surface area is 183 Å². The molecule has 0 aliphatic carbocycles. The highest BCUT2D eigenvalue weighted by molar-refractivity contribution is 6.06. The summed E-state index contributed by atoms with van der Waals surface area (Å²) in [5.41, 5.74) is -0.371. The van der Waals surface area contributed by atoms with Crippen LogP contribution in [0.3, 0.4) is 0 Å². The smallest absolute Gasteiger partial charge is 0.371 e. The van der Waals surface area contributed by atoms with Crippen molar-refractivity contribution in [1.29, 1.82) is 0 Å². The van der Waals surface area contributed by atoms with Crippen molar-refractivity contribution >= 4 is 28.2 Å². The maximum Gasteiger partial charge on any atom is 0.418 e. The maximum absolute atomic E-state index is 13.8. The summed E-state index contributed by atoms with van der Waals surface area (Å²) in [7, 11) is 0. The van der Waals surface area contributed by atoms with E-state index in [0.717, 1.165) is 18.9 Å². The summed E-state index contributed by atoms with van der Waals surface area (Å²) in [6, 6.07) is 9.12. The molecule has 1 unspecified atom stereocenters. The number of rotatable bonds is 3. The van der Waals surface area contributed by atoms with Gasteiger partial charge in [-0.1, -0.05) is 19.1 Å². The SMILES string of the molecule is Cc1cccc2[nH]cc(C(=O)Nc3ccc(N4CCCC(C)C4)cc3C(F)(F)F)c(=O)c12. The summed E-state index contributed by atoms with van der Waals surface area (Å²) in [6.45, 7) is 5.20. The number of amides is 1. The Kier molecular flexibility index (Phi) is 5.71. The van der Waals surface area contributed by atoms with Gasteiger partial charge in [-0.25, -0.2) is 0 Å². The summed E-state index contributed by atoms with van der Waals surface area (Å²) in [5.74, 6) is -0.484. The number of aromatic amines is 1. The Morgan fingerprint density at radius 3 is 2.72 bits per heavy atom. The Balaban J connectivity index is 1.69. The van der Waals surface area contributed by atoms with E-state index in [9.17, 15) is 22.8 Å². The number of halogens is 3. The molecular weight excluding hydrogens is 419 g/mol. The zero-order valence-corrected chi connectivity index (χ0v) is 17.8. The molecule has 1 aliphatic heterocycles. The summed E-state index contributed by atoms with van der Waals surface area (Å²) in [6.07, 6.45) is -1.45.